The van der Waals surface area contributed by atoms with Crippen molar-refractivity contribution in [3.63, 3.8) is 0 Å². The summed E-state index contributed by atoms with van der Waals surface area (Å²) in [6, 6.07) is 10.3. The number of nitriles is 2. The van der Waals surface area contributed by atoms with Gasteiger partial charge in [0.05, 0.1) is 40.9 Å². The van der Waals surface area contributed by atoms with Crippen LogP contribution in [0.15, 0.2) is 46.9 Å². The van der Waals surface area contributed by atoms with E-state index in [2.05, 4.69) is 33.0 Å². The van der Waals surface area contributed by atoms with Crippen molar-refractivity contribution < 1.29 is 4.79 Å². The average molecular weight is 346 g/mol. The summed E-state index contributed by atoms with van der Waals surface area (Å²) in [6.07, 6.45) is 2.21. The smallest absolute Gasteiger partial charge is 0.216 e. The van der Waals surface area contributed by atoms with Gasteiger partial charge in [0.1, 0.15) is 0 Å². The normalized spacial score (nSPS) is 16.8. The third kappa shape index (κ3) is 3.15. The van der Waals surface area contributed by atoms with Gasteiger partial charge in [0.2, 0.25) is 5.91 Å². The zero-order valence-electron chi connectivity index (χ0n) is 14.6. The Morgan fingerprint density at radius 1 is 1.31 bits per heavy atom. The van der Waals surface area contributed by atoms with E-state index in [0.717, 1.165) is 27.9 Å². The van der Waals surface area contributed by atoms with Gasteiger partial charge >= 0.3 is 0 Å². The van der Waals surface area contributed by atoms with E-state index in [1.54, 1.807) is 6.20 Å². The number of rotatable bonds is 4. The predicted molar refractivity (Wildman–Crippen MR) is 96.2 cm³/mol. The highest BCUT2D eigenvalue weighted by atomic mass is 16.1. The summed E-state index contributed by atoms with van der Waals surface area (Å²) in [4.78, 5) is 11.1. The Bertz CT molecular complexity index is 1010. The van der Waals surface area contributed by atoms with Crippen molar-refractivity contribution in [2.75, 3.05) is 6.54 Å². The average Bonchev–Trinajstić information content (AvgIpc) is 3.08. The number of aromatic nitrogens is 2. The van der Waals surface area contributed by atoms with Gasteiger partial charge in [0, 0.05) is 36.7 Å². The minimum Gasteiger partial charge on any atom is -0.361 e. The fraction of sp³-hybridized carbons (Fsp3) is 0.263. The number of carbonyl (C=O) groups is 1. The topological polar surface area (TPSA) is 117 Å². The monoisotopic (exact) mass is 346 g/mol. The van der Waals surface area contributed by atoms with Gasteiger partial charge in [-0.1, -0.05) is 6.07 Å². The van der Waals surface area contributed by atoms with Crippen LogP contribution in [0.3, 0.4) is 0 Å². The number of nitrogens with one attached hydrogen (secondary N) is 3. The van der Waals surface area contributed by atoms with Gasteiger partial charge in [-0.15, -0.1) is 0 Å². The van der Waals surface area contributed by atoms with Crippen molar-refractivity contribution in [1.29, 1.82) is 10.5 Å². The van der Waals surface area contributed by atoms with Gasteiger partial charge in [-0.05, 0) is 24.6 Å². The van der Waals surface area contributed by atoms with Crippen molar-refractivity contribution in [2.45, 2.75) is 26.2 Å². The lowest BCUT2D eigenvalue weighted by Gasteiger charge is -2.28. The van der Waals surface area contributed by atoms with Crippen LogP contribution < -0.4 is 10.6 Å². The van der Waals surface area contributed by atoms with E-state index in [0.29, 0.717) is 24.1 Å². The first-order valence-corrected chi connectivity index (χ1v) is 8.23. The van der Waals surface area contributed by atoms with Crippen molar-refractivity contribution in [3.05, 3.63) is 52.5 Å². The molecule has 1 aliphatic heterocycles. The lowest BCUT2D eigenvalue weighted by molar-refractivity contribution is -0.118. The van der Waals surface area contributed by atoms with Crippen LogP contribution in [-0.2, 0) is 4.79 Å². The Hall–Kier alpha value is -3.58. The lowest BCUT2D eigenvalue weighted by Crippen LogP contribution is -2.28. The fourth-order valence-electron chi connectivity index (χ4n) is 3.21. The van der Waals surface area contributed by atoms with E-state index >= 15 is 0 Å². The van der Waals surface area contributed by atoms with E-state index in [4.69, 9.17) is 0 Å². The number of fused-ring (bicyclic) bond motifs is 1. The first kappa shape index (κ1) is 17.2. The molecule has 1 aromatic carbocycles. The summed E-state index contributed by atoms with van der Waals surface area (Å²) < 4.78 is 0. The maximum absolute atomic E-state index is 11.1. The van der Waals surface area contributed by atoms with E-state index in [1.807, 2.05) is 25.1 Å². The minimum atomic E-state index is -0.433. The fourth-order valence-corrected chi connectivity index (χ4v) is 3.21. The second-order valence-corrected chi connectivity index (χ2v) is 6.16. The van der Waals surface area contributed by atoms with Crippen LogP contribution in [0.5, 0.6) is 0 Å². The van der Waals surface area contributed by atoms with Crippen molar-refractivity contribution in [3.8, 4) is 12.1 Å². The molecular weight excluding hydrogens is 328 g/mol. The first-order chi connectivity index (χ1) is 12.5. The van der Waals surface area contributed by atoms with Crippen LogP contribution >= 0.6 is 0 Å². The lowest BCUT2D eigenvalue weighted by atomic mass is 9.80. The highest BCUT2D eigenvalue weighted by Gasteiger charge is 2.30. The number of amides is 1. The molecule has 2 heterocycles. The largest absolute Gasteiger partial charge is 0.361 e. The van der Waals surface area contributed by atoms with Crippen LogP contribution in [0.1, 0.15) is 31.7 Å². The molecule has 0 bridgehead atoms. The number of hydrogen-bond acceptors (Lipinski definition) is 5. The molecule has 1 aliphatic rings. The SMILES string of the molecule is CC(=O)NCCC1=C(C#N)C(c2ccc3[nH]ncc3c2)C(C#N)=C(C)N1. The number of allylic oxidation sites excluding steroid dienone is 3. The van der Waals surface area contributed by atoms with Crippen LogP contribution in [0.25, 0.3) is 10.9 Å². The number of benzene rings is 1. The molecule has 3 N–H and O–H groups in total. The van der Waals surface area contributed by atoms with Gasteiger partial charge in [-0.25, -0.2) is 0 Å². The third-order valence-corrected chi connectivity index (χ3v) is 4.43. The maximum atomic E-state index is 11.1. The number of aromatic amines is 1. The van der Waals surface area contributed by atoms with E-state index in [-0.39, 0.29) is 5.91 Å². The molecule has 0 saturated heterocycles. The van der Waals surface area contributed by atoms with Crippen molar-refractivity contribution >= 4 is 16.8 Å². The van der Waals surface area contributed by atoms with E-state index < -0.39 is 5.92 Å². The molecule has 0 saturated carbocycles. The van der Waals surface area contributed by atoms with E-state index in [9.17, 15) is 15.3 Å². The minimum absolute atomic E-state index is 0.119. The molecule has 1 atom stereocenters. The first-order valence-electron chi connectivity index (χ1n) is 8.23. The molecule has 1 amide bonds. The van der Waals surface area contributed by atoms with Crippen molar-refractivity contribution in [1.82, 2.24) is 20.8 Å². The maximum Gasteiger partial charge on any atom is 0.216 e. The van der Waals surface area contributed by atoms with Gasteiger partial charge in [-0.3, -0.25) is 9.89 Å². The summed E-state index contributed by atoms with van der Waals surface area (Å²) in [6.45, 7) is 3.70. The Morgan fingerprint density at radius 2 is 2.08 bits per heavy atom. The highest BCUT2D eigenvalue weighted by Crippen LogP contribution is 2.38. The Morgan fingerprint density at radius 3 is 2.77 bits per heavy atom. The predicted octanol–water partition coefficient (Wildman–Crippen LogP) is 2.35. The number of H-pyrrole nitrogens is 1. The van der Waals surface area contributed by atoms with Crippen LogP contribution in [-0.4, -0.2) is 22.6 Å². The number of nitrogens with zero attached hydrogens (tertiary/aromatic N) is 3. The molecule has 0 fully saturated rings. The molecule has 7 nitrogen and oxygen atoms in total. The molecule has 2 aromatic rings. The standard InChI is InChI=1S/C19H18N6O/c1-11-15(8-20)19(13-3-4-17-14(7-13)10-23-25-17)16(9-21)18(24-11)5-6-22-12(2)26/h3-4,7,10,19,24H,5-6H2,1-2H3,(H,22,26)(H,23,25). The third-order valence-electron chi connectivity index (χ3n) is 4.43. The van der Waals surface area contributed by atoms with Crippen LogP contribution in [0.2, 0.25) is 0 Å². The van der Waals surface area contributed by atoms with Gasteiger partial charge in [-0.2, -0.15) is 15.6 Å². The van der Waals surface area contributed by atoms with Gasteiger partial charge in [0.15, 0.2) is 0 Å². The Labute approximate surface area is 151 Å². The molecule has 26 heavy (non-hydrogen) atoms. The molecule has 0 aliphatic carbocycles. The number of carbonyl (C=O) groups excluding carboxylic acids is 1. The quantitative estimate of drug-likeness (QED) is 0.785. The molecule has 0 radical (unpaired) electrons. The van der Waals surface area contributed by atoms with Gasteiger partial charge in [0.25, 0.3) is 0 Å². The summed E-state index contributed by atoms with van der Waals surface area (Å²) in [5.74, 6) is -0.551. The molecule has 130 valence electrons. The Kier molecular flexibility index (Phi) is 4.72. The van der Waals surface area contributed by atoms with Crippen LogP contribution in [0.4, 0.5) is 0 Å². The molecule has 1 unspecified atom stereocenters. The molecule has 0 spiro atoms. The van der Waals surface area contributed by atoms with Crippen molar-refractivity contribution in [2.24, 2.45) is 0 Å². The highest BCUT2D eigenvalue weighted by molar-refractivity contribution is 5.79. The molecule has 1 aromatic heterocycles. The van der Waals surface area contributed by atoms with E-state index in [1.165, 1.54) is 6.92 Å². The molecule has 3 rings (SSSR count). The van der Waals surface area contributed by atoms with Crippen LogP contribution in [0, 0.1) is 22.7 Å². The summed E-state index contributed by atoms with van der Waals surface area (Å²) in [7, 11) is 0. The summed E-state index contributed by atoms with van der Waals surface area (Å²) in [5.41, 5.74) is 4.24. The molecule has 7 heteroatoms. The second-order valence-electron chi connectivity index (χ2n) is 6.16. The number of dihydropyridines is 1. The Balaban J connectivity index is 2.05. The summed E-state index contributed by atoms with van der Waals surface area (Å²) >= 11 is 0. The zero-order valence-corrected chi connectivity index (χ0v) is 14.6. The second kappa shape index (κ2) is 7.12. The zero-order chi connectivity index (χ0) is 18.7. The van der Waals surface area contributed by atoms with Gasteiger partial charge < -0.3 is 10.6 Å². The molecular formula is C19H18N6O. The summed E-state index contributed by atoms with van der Waals surface area (Å²) in [5, 5.41) is 33.2. The number of hydrogen-bond donors (Lipinski definition) is 3.